The molecule has 0 aromatic heterocycles. The molecule has 21 heavy (non-hydrogen) atoms. The molecule has 1 rings (SSSR count). The molecular formula is C17H23ClN2O. The second-order valence-electron chi connectivity index (χ2n) is 4.94. The van der Waals surface area contributed by atoms with E-state index in [0.29, 0.717) is 17.3 Å². The quantitative estimate of drug-likeness (QED) is 0.785. The van der Waals surface area contributed by atoms with E-state index in [-0.39, 0.29) is 11.8 Å². The van der Waals surface area contributed by atoms with Crippen LogP contribution in [0.5, 0.6) is 0 Å². The van der Waals surface area contributed by atoms with E-state index < -0.39 is 0 Å². The highest BCUT2D eigenvalue weighted by atomic mass is 35.5. The highest BCUT2D eigenvalue weighted by Gasteiger charge is 2.17. The molecule has 0 spiro atoms. The van der Waals surface area contributed by atoms with Crippen LogP contribution in [0.1, 0.15) is 45.1 Å². The van der Waals surface area contributed by atoms with Gasteiger partial charge in [0.1, 0.15) is 0 Å². The number of anilines is 1. The number of hydrogen-bond donors (Lipinski definition) is 2. The van der Waals surface area contributed by atoms with Crippen LogP contribution in [0.2, 0.25) is 5.02 Å². The molecule has 0 fully saturated rings. The van der Waals surface area contributed by atoms with Crippen LogP contribution >= 0.6 is 11.6 Å². The van der Waals surface area contributed by atoms with Crippen LogP contribution in [0.25, 0.3) is 0 Å². The second-order valence-corrected chi connectivity index (χ2v) is 5.34. The third-order valence-electron chi connectivity index (χ3n) is 3.33. The Balaban J connectivity index is 2.82. The first-order chi connectivity index (χ1) is 10.1. The van der Waals surface area contributed by atoms with Crippen molar-refractivity contribution in [1.29, 1.82) is 0 Å². The Morgan fingerprint density at radius 1 is 1.43 bits per heavy atom. The van der Waals surface area contributed by atoms with E-state index >= 15 is 0 Å². The molecule has 3 nitrogen and oxygen atoms in total. The maximum atomic E-state index is 12.3. The Labute approximate surface area is 132 Å². The van der Waals surface area contributed by atoms with E-state index in [2.05, 4.69) is 24.1 Å². The van der Waals surface area contributed by atoms with E-state index in [0.717, 1.165) is 31.2 Å². The highest BCUT2D eigenvalue weighted by Crippen LogP contribution is 2.24. The average Bonchev–Trinajstić information content (AvgIpc) is 2.48. The van der Waals surface area contributed by atoms with Gasteiger partial charge in [-0.25, -0.2) is 0 Å². The number of carbonyl (C=O) groups is 1. The molecule has 0 aliphatic rings. The van der Waals surface area contributed by atoms with Gasteiger partial charge in [0.2, 0.25) is 5.91 Å². The predicted octanol–water partition coefficient (Wildman–Crippen LogP) is 3.81. The summed E-state index contributed by atoms with van der Waals surface area (Å²) in [6.07, 6.45) is 3.88. The molecular weight excluding hydrogens is 284 g/mol. The Morgan fingerprint density at radius 3 is 2.81 bits per heavy atom. The predicted molar refractivity (Wildman–Crippen MR) is 89.3 cm³/mol. The van der Waals surface area contributed by atoms with Gasteiger partial charge in [-0.15, -0.1) is 0 Å². The number of unbranched alkanes of at least 4 members (excludes halogenated alkanes) is 1. The van der Waals surface area contributed by atoms with Crippen LogP contribution in [-0.4, -0.2) is 12.5 Å². The summed E-state index contributed by atoms with van der Waals surface area (Å²) in [7, 11) is 0. The third kappa shape index (κ3) is 5.79. The highest BCUT2D eigenvalue weighted by molar-refractivity contribution is 6.33. The Hall–Kier alpha value is -1.50. The minimum absolute atomic E-state index is 0.0248. The van der Waals surface area contributed by atoms with Gasteiger partial charge < -0.3 is 11.1 Å². The largest absolute Gasteiger partial charge is 0.324 e. The van der Waals surface area contributed by atoms with Crippen molar-refractivity contribution in [3.8, 4) is 11.8 Å². The van der Waals surface area contributed by atoms with Gasteiger partial charge in [-0.05, 0) is 31.0 Å². The normalized spacial score (nSPS) is 11.4. The van der Waals surface area contributed by atoms with Gasteiger partial charge in [-0.1, -0.05) is 50.1 Å². The Bertz CT molecular complexity index is 531. The zero-order valence-electron chi connectivity index (χ0n) is 12.7. The van der Waals surface area contributed by atoms with E-state index in [1.807, 2.05) is 13.0 Å². The number of hydrogen-bond acceptors (Lipinski definition) is 2. The molecule has 1 unspecified atom stereocenters. The number of benzene rings is 1. The molecule has 0 saturated heterocycles. The number of carbonyl (C=O) groups excluding carboxylic acids is 1. The van der Waals surface area contributed by atoms with E-state index in [1.165, 1.54) is 0 Å². The van der Waals surface area contributed by atoms with Crippen LogP contribution in [0.3, 0.4) is 0 Å². The van der Waals surface area contributed by atoms with Crippen molar-refractivity contribution in [1.82, 2.24) is 0 Å². The second kappa shape index (κ2) is 9.44. The van der Waals surface area contributed by atoms with Crippen molar-refractivity contribution in [2.75, 3.05) is 11.9 Å². The third-order valence-corrected chi connectivity index (χ3v) is 3.66. The van der Waals surface area contributed by atoms with E-state index in [4.69, 9.17) is 17.3 Å². The minimum atomic E-state index is 0.0248. The summed E-state index contributed by atoms with van der Waals surface area (Å²) in [5, 5.41) is 3.44. The van der Waals surface area contributed by atoms with Crippen molar-refractivity contribution in [2.45, 2.75) is 39.5 Å². The molecule has 1 amide bonds. The number of halogens is 1. The summed E-state index contributed by atoms with van der Waals surface area (Å²) < 4.78 is 0. The zero-order valence-corrected chi connectivity index (χ0v) is 13.5. The Kier molecular flexibility index (Phi) is 7.89. The average molecular weight is 307 g/mol. The van der Waals surface area contributed by atoms with Crippen LogP contribution in [0, 0.1) is 17.8 Å². The van der Waals surface area contributed by atoms with Crippen LogP contribution in [0.4, 0.5) is 5.69 Å². The zero-order chi connectivity index (χ0) is 15.7. The topological polar surface area (TPSA) is 55.1 Å². The first-order valence-corrected chi connectivity index (χ1v) is 7.79. The van der Waals surface area contributed by atoms with Crippen molar-refractivity contribution in [3.63, 3.8) is 0 Å². The molecule has 0 saturated carbocycles. The lowest BCUT2D eigenvalue weighted by molar-refractivity contribution is -0.120. The number of amides is 1. The van der Waals surface area contributed by atoms with Crippen LogP contribution in [0.15, 0.2) is 18.2 Å². The minimum Gasteiger partial charge on any atom is -0.324 e. The molecule has 0 radical (unpaired) electrons. The van der Waals surface area contributed by atoms with Gasteiger partial charge in [0, 0.05) is 11.5 Å². The molecule has 0 heterocycles. The molecule has 0 aliphatic carbocycles. The summed E-state index contributed by atoms with van der Waals surface area (Å²) in [5.41, 5.74) is 6.76. The standard InChI is InChI=1S/C17H23ClN2O/c1-3-5-8-14(4-2)17(21)20-16-12-13(7-6-11-19)9-10-15(16)18/h9-10,12,14H,3-5,8,11,19H2,1-2H3,(H,20,21). The lowest BCUT2D eigenvalue weighted by Crippen LogP contribution is -2.22. The molecule has 0 aliphatic heterocycles. The fraction of sp³-hybridized carbons (Fsp3) is 0.471. The van der Waals surface area contributed by atoms with Gasteiger partial charge in [0.15, 0.2) is 0 Å². The lowest BCUT2D eigenvalue weighted by Gasteiger charge is -2.15. The van der Waals surface area contributed by atoms with Crippen molar-refractivity contribution in [3.05, 3.63) is 28.8 Å². The summed E-state index contributed by atoms with van der Waals surface area (Å²) >= 11 is 6.14. The van der Waals surface area contributed by atoms with E-state index in [1.54, 1.807) is 12.1 Å². The Morgan fingerprint density at radius 2 is 2.19 bits per heavy atom. The van der Waals surface area contributed by atoms with Gasteiger partial charge >= 0.3 is 0 Å². The molecule has 4 heteroatoms. The van der Waals surface area contributed by atoms with Crippen molar-refractivity contribution in [2.24, 2.45) is 11.7 Å². The fourth-order valence-corrected chi connectivity index (χ4v) is 2.22. The molecule has 114 valence electrons. The number of rotatable bonds is 6. The fourth-order valence-electron chi connectivity index (χ4n) is 2.06. The summed E-state index contributed by atoms with van der Waals surface area (Å²) in [6, 6.07) is 5.34. The monoisotopic (exact) mass is 306 g/mol. The van der Waals surface area contributed by atoms with Crippen molar-refractivity contribution < 1.29 is 4.79 Å². The van der Waals surface area contributed by atoms with Crippen molar-refractivity contribution >= 4 is 23.2 Å². The van der Waals surface area contributed by atoms with Gasteiger partial charge in [0.25, 0.3) is 0 Å². The summed E-state index contributed by atoms with van der Waals surface area (Å²) in [4.78, 5) is 12.3. The van der Waals surface area contributed by atoms with Crippen LogP contribution in [-0.2, 0) is 4.79 Å². The molecule has 1 aromatic carbocycles. The maximum absolute atomic E-state index is 12.3. The number of nitrogens with one attached hydrogen (secondary N) is 1. The van der Waals surface area contributed by atoms with Gasteiger partial charge in [-0.3, -0.25) is 4.79 Å². The van der Waals surface area contributed by atoms with Gasteiger partial charge in [0.05, 0.1) is 17.3 Å². The van der Waals surface area contributed by atoms with E-state index in [9.17, 15) is 4.79 Å². The molecule has 0 bridgehead atoms. The smallest absolute Gasteiger partial charge is 0.227 e. The molecule has 3 N–H and O–H groups in total. The van der Waals surface area contributed by atoms with Gasteiger partial charge in [-0.2, -0.15) is 0 Å². The molecule has 1 atom stereocenters. The number of nitrogens with two attached hydrogens (primary N) is 1. The first-order valence-electron chi connectivity index (χ1n) is 7.41. The first kappa shape index (κ1) is 17.6. The van der Waals surface area contributed by atoms with Crippen LogP contribution < -0.4 is 11.1 Å². The SMILES string of the molecule is CCCCC(CC)C(=O)Nc1cc(C#CCN)ccc1Cl. The molecule has 1 aromatic rings. The lowest BCUT2D eigenvalue weighted by atomic mass is 9.98. The summed E-state index contributed by atoms with van der Waals surface area (Å²) in [6.45, 7) is 4.46. The maximum Gasteiger partial charge on any atom is 0.227 e. The summed E-state index contributed by atoms with van der Waals surface area (Å²) in [5.74, 6) is 5.78.